The summed E-state index contributed by atoms with van der Waals surface area (Å²) in [6, 6.07) is 4.81. The summed E-state index contributed by atoms with van der Waals surface area (Å²) in [5.74, 6) is 0.424. The molecule has 1 aliphatic heterocycles. The largest absolute Gasteiger partial charge is 0.329 e. The lowest BCUT2D eigenvalue weighted by atomic mass is 10.0. The lowest BCUT2D eigenvalue weighted by Gasteiger charge is -2.13. The Hall–Kier alpha value is -1.23. The highest BCUT2D eigenvalue weighted by atomic mass is 32.1. The number of hydrogen-bond donors (Lipinski definition) is 2. The second-order valence-corrected chi connectivity index (χ2v) is 4.63. The van der Waals surface area contributed by atoms with Crippen molar-refractivity contribution in [3.8, 4) is 0 Å². The van der Waals surface area contributed by atoms with E-state index >= 15 is 0 Å². The van der Waals surface area contributed by atoms with E-state index in [2.05, 4.69) is 17.9 Å². The summed E-state index contributed by atoms with van der Waals surface area (Å²) >= 11 is 4.11. The zero-order chi connectivity index (χ0) is 12.4. The second-order valence-electron chi connectivity index (χ2n) is 4.18. The minimum Gasteiger partial charge on any atom is -0.329 e. The van der Waals surface area contributed by atoms with Crippen LogP contribution in [-0.4, -0.2) is 29.8 Å². The van der Waals surface area contributed by atoms with Crippen LogP contribution < -0.4 is 5.32 Å². The van der Waals surface area contributed by atoms with Gasteiger partial charge in [-0.3, -0.25) is 0 Å². The van der Waals surface area contributed by atoms with E-state index in [0.29, 0.717) is 24.4 Å². The van der Waals surface area contributed by atoms with E-state index in [1.807, 2.05) is 0 Å². The van der Waals surface area contributed by atoms with Gasteiger partial charge < -0.3 is 10.2 Å². The van der Waals surface area contributed by atoms with Gasteiger partial charge in [-0.15, -0.1) is 0 Å². The third-order valence-electron chi connectivity index (χ3n) is 2.94. The monoisotopic (exact) mass is 254 g/mol. The number of thiol groups is 1. The van der Waals surface area contributed by atoms with Gasteiger partial charge in [-0.2, -0.15) is 12.6 Å². The van der Waals surface area contributed by atoms with Crippen molar-refractivity contribution in [1.82, 2.24) is 10.2 Å². The number of urea groups is 1. The van der Waals surface area contributed by atoms with Crippen molar-refractivity contribution >= 4 is 18.7 Å². The van der Waals surface area contributed by atoms with E-state index in [0.717, 1.165) is 5.56 Å². The fraction of sp³-hybridized carbons (Fsp3) is 0.417. The fourth-order valence-electron chi connectivity index (χ4n) is 1.98. The van der Waals surface area contributed by atoms with Gasteiger partial charge in [0.05, 0.1) is 6.04 Å². The number of rotatable bonds is 3. The molecular formula is C12H15FN2OS. The van der Waals surface area contributed by atoms with Crippen LogP contribution in [0.3, 0.4) is 0 Å². The van der Waals surface area contributed by atoms with E-state index in [-0.39, 0.29) is 17.9 Å². The molecule has 1 N–H and O–H groups in total. The maximum Gasteiger partial charge on any atom is 0.318 e. The molecule has 2 amide bonds. The van der Waals surface area contributed by atoms with Crippen LogP contribution in [-0.2, 0) is 0 Å². The van der Waals surface area contributed by atoms with Crippen molar-refractivity contribution in [2.24, 2.45) is 0 Å². The van der Waals surface area contributed by atoms with Crippen LogP contribution in [0.15, 0.2) is 18.2 Å². The Morgan fingerprint density at radius 3 is 3.00 bits per heavy atom. The molecule has 17 heavy (non-hydrogen) atoms. The molecule has 1 unspecified atom stereocenters. The minimum atomic E-state index is -0.217. The van der Waals surface area contributed by atoms with Gasteiger partial charge in [-0.05, 0) is 24.1 Å². The Balaban J connectivity index is 2.14. The normalized spacial score (nSPS) is 19.6. The molecule has 92 valence electrons. The predicted molar refractivity (Wildman–Crippen MR) is 67.8 cm³/mol. The third-order valence-corrected chi connectivity index (χ3v) is 3.14. The zero-order valence-electron chi connectivity index (χ0n) is 9.61. The summed E-state index contributed by atoms with van der Waals surface area (Å²) in [5.41, 5.74) is 1.54. The summed E-state index contributed by atoms with van der Waals surface area (Å²) in [4.78, 5) is 13.3. The van der Waals surface area contributed by atoms with Crippen LogP contribution in [0.5, 0.6) is 0 Å². The number of hydrogen-bond acceptors (Lipinski definition) is 2. The highest BCUT2D eigenvalue weighted by Gasteiger charge is 2.29. The molecule has 0 radical (unpaired) electrons. The van der Waals surface area contributed by atoms with Crippen molar-refractivity contribution < 1.29 is 9.18 Å². The Kier molecular flexibility index (Phi) is 3.57. The smallest absolute Gasteiger partial charge is 0.318 e. The number of carbonyl (C=O) groups excluding carboxylic acids is 1. The molecule has 0 aromatic heterocycles. The average molecular weight is 254 g/mol. The molecular weight excluding hydrogens is 239 g/mol. The van der Waals surface area contributed by atoms with Crippen LogP contribution in [0.2, 0.25) is 0 Å². The molecule has 1 fully saturated rings. The number of nitrogens with zero attached hydrogens (tertiary/aromatic N) is 1. The molecule has 5 heteroatoms. The molecule has 0 spiro atoms. The first-order valence-electron chi connectivity index (χ1n) is 5.54. The Morgan fingerprint density at radius 1 is 1.59 bits per heavy atom. The number of amides is 2. The van der Waals surface area contributed by atoms with E-state index in [1.165, 1.54) is 6.07 Å². The maximum atomic E-state index is 13.2. The first-order valence-corrected chi connectivity index (χ1v) is 6.17. The molecule has 0 bridgehead atoms. The molecule has 1 aromatic carbocycles. The number of nitrogens with one attached hydrogen (secondary N) is 1. The lowest BCUT2D eigenvalue weighted by molar-refractivity contribution is 0.220. The maximum absolute atomic E-state index is 13.2. The molecule has 1 atom stereocenters. The van der Waals surface area contributed by atoms with Gasteiger partial charge in [0.15, 0.2) is 0 Å². The summed E-state index contributed by atoms with van der Waals surface area (Å²) in [6.07, 6.45) is 0. The molecule has 0 aliphatic carbocycles. The molecule has 0 saturated carbocycles. The number of carbonyl (C=O) groups is 1. The van der Waals surface area contributed by atoms with Gasteiger partial charge in [0.25, 0.3) is 0 Å². The lowest BCUT2D eigenvalue weighted by Crippen LogP contribution is -2.29. The highest BCUT2D eigenvalue weighted by Crippen LogP contribution is 2.22. The molecule has 1 aromatic rings. The van der Waals surface area contributed by atoms with Crippen molar-refractivity contribution in [3.63, 3.8) is 0 Å². The Bertz CT molecular complexity index is 439. The van der Waals surface area contributed by atoms with Gasteiger partial charge in [0.1, 0.15) is 5.82 Å². The first kappa shape index (κ1) is 12.2. The summed E-state index contributed by atoms with van der Waals surface area (Å²) in [7, 11) is 0. The molecule has 1 heterocycles. The third kappa shape index (κ3) is 2.54. The first-order chi connectivity index (χ1) is 8.11. The van der Waals surface area contributed by atoms with E-state index in [4.69, 9.17) is 0 Å². The summed E-state index contributed by atoms with van der Waals surface area (Å²) in [5, 5.41) is 2.88. The van der Waals surface area contributed by atoms with Gasteiger partial charge >= 0.3 is 6.03 Å². The quantitative estimate of drug-likeness (QED) is 0.796. The van der Waals surface area contributed by atoms with Gasteiger partial charge in [-0.1, -0.05) is 12.1 Å². The van der Waals surface area contributed by atoms with E-state index < -0.39 is 0 Å². The van der Waals surface area contributed by atoms with Gasteiger partial charge in [-0.25, -0.2) is 9.18 Å². The van der Waals surface area contributed by atoms with Gasteiger partial charge in [0.2, 0.25) is 0 Å². The van der Waals surface area contributed by atoms with Crippen LogP contribution >= 0.6 is 12.6 Å². The number of benzene rings is 1. The fourth-order valence-corrected chi connectivity index (χ4v) is 2.22. The van der Waals surface area contributed by atoms with Crippen LogP contribution in [0.1, 0.15) is 17.2 Å². The second kappa shape index (κ2) is 4.96. The SMILES string of the molecule is Cc1cc(C2CN(CCS)C(=O)N2)ccc1F. The zero-order valence-corrected chi connectivity index (χ0v) is 10.5. The molecule has 1 saturated heterocycles. The van der Waals surface area contributed by atoms with E-state index in [9.17, 15) is 9.18 Å². The number of aryl methyl sites for hydroxylation is 1. The standard InChI is InChI=1S/C12H15FN2OS/c1-8-6-9(2-3-10(8)13)11-7-15(4-5-17)12(16)14-11/h2-3,6,11,17H,4-5,7H2,1H3,(H,14,16). The Labute approximate surface area is 105 Å². The Morgan fingerprint density at radius 2 is 2.35 bits per heavy atom. The average Bonchev–Trinajstić information content (AvgIpc) is 2.65. The van der Waals surface area contributed by atoms with E-state index in [1.54, 1.807) is 24.0 Å². The van der Waals surface area contributed by atoms with Gasteiger partial charge in [0, 0.05) is 18.8 Å². The molecule has 3 nitrogen and oxygen atoms in total. The van der Waals surface area contributed by atoms with Crippen molar-refractivity contribution in [2.75, 3.05) is 18.8 Å². The van der Waals surface area contributed by atoms with Crippen LogP contribution in [0.4, 0.5) is 9.18 Å². The summed E-state index contributed by atoms with van der Waals surface area (Å²) in [6.45, 7) is 2.97. The highest BCUT2D eigenvalue weighted by molar-refractivity contribution is 7.80. The number of halogens is 1. The van der Waals surface area contributed by atoms with Crippen LogP contribution in [0.25, 0.3) is 0 Å². The predicted octanol–water partition coefficient (Wildman–Crippen LogP) is 2.13. The molecule has 1 aliphatic rings. The van der Waals surface area contributed by atoms with Crippen molar-refractivity contribution in [3.05, 3.63) is 35.1 Å². The van der Waals surface area contributed by atoms with Crippen molar-refractivity contribution in [1.29, 1.82) is 0 Å². The molecule has 2 rings (SSSR count). The van der Waals surface area contributed by atoms with Crippen molar-refractivity contribution in [2.45, 2.75) is 13.0 Å². The topological polar surface area (TPSA) is 32.3 Å². The van der Waals surface area contributed by atoms with Crippen LogP contribution in [0, 0.1) is 12.7 Å². The summed E-state index contributed by atoms with van der Waals surface area (Å²) < 4.78 is 13.2. The minimum absolute atomic E-state index is 0.0540.